The number of carbonyl (C=O) groups excluding carboxylic acids is 2. The number of anilines is 1. The number of nitrogens with zero attached hydrogens (tertiary/aromatic N) is 3. The summed E-state index contributed by atoms with van der Waals surface area (Å²) in [4.78, 5) is 26.2. The number of rotatable bonds is 5. The van der Waals surface area contributed by atoms with Gasteiger partial charge in [0.2, 0.25) is 5.91 Å². The highest BCUT2D eigenvalue weighted by atomic mass is 32.2. The second-order valence-electron chi connectivity index (χ2n) is 6.39. The SMILES string of the molecule is Cc1nn(-c2ccccc2)c2c1N(CC(=O)CC(C)C)C(=O)CS2. The molecule has 0 saturated heterocycles. The van der Waals surface area contributed by atoms with Gasteiger partial charge in [0.15, 0.2) is 5.78 Å². The average molecular weight is 343 g/mol. The minimum absolute atomic E-state index is 0.0275. The molecule has 126 valence electrons. The summed E-state index contributed by atoms with van der Waals surface area (Å²) in [5.74, 6) is 0.683. The Bertz CT molecular complexity index is 768. The molecule has 1 aliphatic rings. The number of para-hydroxylation sites is 1. The van der Waals surface area contributed by atoms with Crippen LogP contribution < -0.4 is 4.90 Å². The van der Waals surface area contributed by atoms with Gasteiger partial charge in [-0.3, -0.25) is 9.59 Å². The third-order valence-electron chi connectivity index (χ3n) is 3.86. The van der Waals surface area contributed by atoms with Crippen LogP contribution in [0.4, 0.5) is 5.69 Å². The summed E-state index contributed by atoms with van der Waals surface area (Å²) in [6, 6.07) is 9.85. The molecule has 24 heavy (non-hydrogen) atoms. The summed E-state index contributed by atoms with van der Waals surface area (Å²) in [6.45, 7) is 6.04. The van der Waals surface area contributed by atoms with Crippen molar-refractivity contribution >= 4 is 29.1 Å². The predicted molar refractivity (Wildman–Crippen MR) is 95.8 cm³/mol. The van der Waals surface area contributed by atoms with Crippen molar-refractivity contribution in [2.75, 3.05) is 17.2 Å². The van der Waals surface area contributed by atoms with Crippen molar-refractivity contribution in [3.63, 3.8) is 0 Å². The van der Waals surface area contributed by atoms with Gasteiger partial charge < -0.3 is 4.90 Å². The number of fused-ring (bicyclic) bond motifs is 1. The van der Waals surface area contributed by atoms with E-state index in [1.165, 1.54) is 11.8 Å². The number of Topliss-reactive ketones (excluding diaryl/α,β-unsaturated/α-hetero) is 1. The maximum Gasteiger partial charge on any atom is 0.237 e. The molecule has 0 atom stereocenters. The Balaban J connectivity index is 1.97. The second kappa shape index (κ2) is 6.81. The largest absolute Gasteiger partial charge is 0.300 e. The number of hydrogen-bond donors (Lipinski definition) is 0. The molecule has 0 unspecified atom stereocenters. The maximum absolute atomic E-state index is 12.4. The first-order valence-electron chi connectivity index (χ1n) is 8.07. The summed E-state index contributed by atoms with van der Waals surface area (Å²) in [5, 5.41) is 5.53. The zero-order chi connectivity index (χ0) is 17.3. The molecule has 0 N–H and O–H groups in total. The third-order valence-corrected chi connectivity index (χ3v) is 4.89. The van der Waals surface area contributed by atoms with Gasteiger partial charge in [-0.15, -0.1) is 0 Å². The van der Waals surface area contributed by atoms with Gasteiger partial charge in [-0.05, 0) is 25.0 Å². The van der Waals surface area contributed by atoms with Gasteiger partial charge in [0.05, 0.1) is 29.4 Å². The lowest BCUT2D eigenvalue weighted by Gasteiger charge is -2.27. The topological polar surface area (TPSA) is 55.2 Å². The molecule has 1 aromatic carbocycles. The molecule has 0 aliphatic carbocycles. The molecule has 0 bridgehead atoms. The van der Waals surface area contributed by atoms with Crippen LogP contribution in [-0.4, -0.2) is 33.8 Å². The predicted octanol–water partition coefficient (Wildman–Crippen LogP) is 3.23. The van der Waals surface area contributed by atoms with Crippen LogP contribution in [0, 0.1) is 12.8 Å². The van der Waals surface area contributed by atoms with E-state index in [9.17, 15) is 9.59 Å². The van der Waals surface area contributed by atoms with Crippen molar-refractivity contribution < 1.29 is 9.59 Å². The van der Waals surface area contributed by atoms with Crippen molar-refractivity contribution in [3.05, 3.63) is 36.0 Å². The number of benzene rings is 1. The molecule has 5 nitrogen and oxygen atoms in total. The smallest absolute Gasteiger partial charge is 0.237 e. The van der Waals surface area contributed by atoms with E-state index in [1.807, 2.05) is 55.8 Å². The van der Waals surface area contributed by atoms with Crippen LogP contribution in [0.5, 0.6) is 0 Å². The molecule has 1 amide bonds. The number of amides is 1. The zero-order valence-corrected chi connectivity index (χ0v) is 15.0. The highest BCUT2D eigenvalue weighted by Crippen LogP contribution is 2.39. The van der Waals surface area contributed by atoms with Crippen LogP contribution in [0.25, 0.3) is 5.69 Å². The minimum atomic E-state index is -0.0275. The minimum Gasteiger partial charge on any atom is -0.300 e. The van der Waals surface area contributed by atoms with Crippen LogP contribution >= 0.6 is 11.8 Å². The van der Waals surface area contributed by atoms with E-state index in [1.54, 1.807) is 4.90 Å². The summed E-state index contributed by atoms with van der Waals surface area (Å²) in [7, 11) is 0. The average Bonchev–Trinajstić information content (AvgIpc) is 2.87. The van der Waals surface area contributed by atoms with Crippen molar-refractivity contribution in [2.45, 2.75) is 32.2 Å². The third kappa shape index (κ3) is 3.24. The van der Waals surface area contributed by atoms with E-state index in [4.69, 9.17) is 0 Å². The standard InChI is InChI=1S/C18H21N3O2S/c1-12(2)9-15(22)10-20-16(23)11-24-18-17(20)13(3)19-21(18)14-7-5-4-6-8-14/h4-8,12H,9-11H2,1-3H3. The molecule has 0 radical (unpaired) electrons. The van der Waals surface area contributed by atoms with Crippen LogP contribution in [0.3, 0.4) is 0 Å². The fourth-order valence-corrected chi connectivity index (χ4v) is 3.96. The molecule has 6 heteroatoms. The van der Waals surface area contributed by atoms with E-state index < -0.39 is 0 Å². The molecule has 1 aromatic heterocycles. The van der Waals surface area contributed by atoms with E-state index in [2.05, 4.69) is 5.10 Å². The molecule has 0 fully saturated rings. The maximum atomic E-state index is 12.4. The number of carbonyl (C=O) groups is 2. The lowest BCUT2D eigenvalue weighted by atomic mass is 10.1. The Morgan fingerprint density at radius 3 is 2.67 bits per heavy atom. The quantitative estimate of drug-likeness (QED) is 0.836. The number of ketones is 1. The molecule has 1 aliphatic heterocycles. The summed E-state index contributed by atoms with van der Waals surface area (Å²) in [6.07, 6.45) is 0.484. The highest BCUT2D eigenvalue weighted by molar-refractivity contribution is 8.00. The second-order valence-corrected chi connectivity index (χ2v) is 7.36. The van der Waals surface area contributed by atoms with Gasteiger partial charge in [-0.25, -0.2) is 4.68 Å². The number of aryl methyl sites for hydroxylation is 1. The van der Waals surface area contributed by atoms with Crippen molar-refractivity contribution in [2.24, 2.45) is 5.92 Å². The van der Waals surface area contributed by atoms with Crippen molar-refractivity contribution in [3.8, 4) is 5.69 Å². The fraction of sp³-hybridized carbons (Fsp3) is 0.389. The molecule has 0 saturated carbocycles. The number of aromatic nitrogens is 2. The molecule has 2 aromatic rings. The normalized spacial score (nSPS) is 14.2. The van der Waals surface area contributed by atoms with E-state index in [-0.39, 0.29) is 18.2 Å². The van der Waals surface area contributed by atoms with Gasteiger partial charge in [0.25, 0.3) is 0 Å². The summed E-state index contributed by atoms with van der Waals surface area (Å²) >= 11 is 1.48. The van der Waals surface area contributed by atoms with Crippen LogP contribution in [-0.2, 0) is 9.59 Å². The molecular formula is C18H21N3O2S. The Hall–Kier alpha value is -2.08. The lowest BCUT2D eigenvalue weighted by molar-refractivity contribution is -0.122. The Morgan fingerprint density at radius 2 is 2.00 bits per heavy atom. The van der Waals surface area contributed by atoms with Crippen molar-refractivity contribution in [1.29, 1.82) is 0 Å². The summed E-state index contributed by atoms with van der Waals surface area (Å²) in [5.41, 5.74) is 2.50. The van der Waals surface area contributed by atoms with E-state index >= 15 is 0 Å². The molecular weight excluding hydrogens is 322 g/mol. The molecule has 0 spiro atoms. The first kappa shape index (κ1) is 16.8. The monoisotopic (exact) mass is 343 g/mol. The van der Waals surface area contributed by atoms with Gasteiger partial charge in [0.1, 0.15) is 5.03 Å². The molecule has 2 heterocycles. The lowest BCUT2D eigenvalue weighted by Crippen LogP contribution is -2.39. The van der Waals surface area contributed by atoms with Gasteiger partial charge in [-0.2, -0.15) is 5.10 Å². The summed E-state index contributed by atoms with van der Waals surface area (Å²) < 4.78 is 1.86. The highest BCUT2D eigenvalue weighted by Gasteiger charge is 2.32. The van der Waals surface area contributed by atoms with Crippen LogP contribution in [0.1, 0.15) is 26.0 Å². The first-order chi connectivity index (χ1) is 11.5. The zero-order valence-electron chi connectivity index (χ0n) is 14.2. The van der Waals surface area contributed by atoms with Gasteiger partial charge in [0, 0.05) is 6.42 Å². The van der Waals surface area contributed by atoms with E-state index in [0.29, 0.717) is 18.1 Å². The van der Waals surface area contributed by atoms with E-state index in [0.717, 1.165) is 22.1 Å². The first-order valence-corrected chi connectivity index (χ1v) is 9.06. The number of thioether (sulfide) groups is 1. The fourth-order valence-electron chi connectivity index (χ4n) is 2.88. The molecule has 3 rings (SSSR count). The number of hydrogen-bond acceptors (Lipinski definition) is 4. The van der Waals surface area contributed by atoms with Crippen LogP contribution in [0.15, 0.2) is 35.4 Å². The van der Waals surface area contributed by atoms with Gasteiger partial charge in [-0.1, -0.05) is 43.8 Å². The Labute approximate surface area is 146 Å². The van der Waals surface area contributed by atoms with Gasteiger partial charge >= 0.3 is 0 Å². The van der Waals surface area contributed by atoms with Crippen molar-refractivity contribution in [1.82, 2.24) is 9.78 Å². The van der Waals surface area contributed by atoms with Crippen LogP contribution in [0.2, 0.25) is 0 Å². The Kier molecular flexibility index (Phi) is 4.76. The Morgan fingerprint density at radius 1 is 1.29 bits per heavy atom.